The molecule has 0 spiro atoms. The highest BCUT2D eigenvalue weighted by molar-refractivity contribution is 5.90. The fraction of sp³-hybridized carbons (Fsp3) is 0.318. The maximum absolute atomic E-state index is 13.2. The Kier molecular flexibility index (Phi) is 3.32. The van der Waals surface area contributed by atoms with Gasteiger partial charge in [-0.15, -0.1) is 0 Å². The van der Waals surface area contributed by atoms with E-state index in [2.05, 4.69) is 19.9 Å². The number of esters is 1. The largest absolute Gasteiger partial charge is 0.460 e. The normalized spacial score (nSPS) is 17.4. The molecule has 136 valence electrons. The van der Waals surface area contributed by atoms with E-state index in [0.29, 0.717) is 18.5 Å². The minimum atomic E-state index is -0.375. The van der Waals surface area contributed by atoms with Gasteiger partial charge in [0, 0.05) is 10.9 Å². The number of rotatable bonds is 1. The maximum atomic E-state index is 13.2. The van der Waals surface area contributed by atoms with Gasteiger partial charge in [-0.2, -0.15) is 0 Å². The van der Waals surface area contributed by atoms with Gasteiger partial charge in [-0.3, -0.25) is 9.59 Å². The van der Waals surface area contributed by atoms with Crippen molar-refractivity contribution in [1.82, 2.24) is 9.55 Å². The molecule has 0 saturated heterocycles. The van der Waals surface area contributed by atoms with E-state index in [4.69, 9.17) is 9.72 Å². The van der Waals surface area contributed by atoms with Crippen LogP contribution in [0.15, 0.2) is 29.1 Å². The SMILES string of the molecule is CCC1C(=O)OCc2c1cc1n(c2=O)Cc2c-1nc1cccc(C)c1c2C. The summed E-state index contributed by atoms with van der Waals surface area (Å²) in [6.07, 6.45) is 0.616. The Balaban J connectivity index is 1.82. The zero-order valence-electron chi connectivity index (χ0n) is 15.6. The molecule has 4 heterocycles. The fourth-order valence-electron chi connectivity index (χ4n) is 4.59. The monoisotopic (exact) mass is 360 g/mol. The second-order valence-electron chi connectivity index (χ2n) is 7.46. The number of nitrogens with zero attached hydrogens (tertiary/aromatic N) is 2. The van der Waals surface area contributed by atoms with Gasteiger partial charge in [0.05, 0.1) is 34.9 Å². The molecule has 3 aromatic rings. The first-order chi connectivity index (χ1) is 13.0. The molecular formula is C22H20N2O3. The second kappa shape index (κ2) is 5.52. The molecule has 0 N–H and O–H groups in total. The predicted molar refractivity (Wildman–Crippen MR) is 103 cm³/mol. The van der Waals surface area contributed by atoms with Gasteiger partial charge in [0.2, 0.25) is 0 Å². The molecule has 2 aromatic heterocycles. The molecule has 27 heavy (non-hydrogen) atoms. The lowest BCUT2D eigenvalue weighted by Gasteiger charge is -2.24. The van der Waals surface area contributed by atoms with Crippen LogP contribution in [0.4, 0.5) is 0 Å². The molecule has 0 amide bonds. The lowest BCUT2D eigenvalue weighted by Crippen LogP contribution is -2.32. The topological polar surface area (TPSA) is 61.2 Å². The van der Waals surface area contributed by atoms with Crippen LogP contribution in [0.25, 0.3) is 22.3 Å². The van der Waals surface area contributed by atoms with Crippen LogP contribution in [0.1, 0.15) is 47.1 Å². The van der Waals surface area contributed by atoms with Crippen LogP contribution in [0.3, 0.4) is 0 Å². The van der Waals surface area contributed by atoms with Gasteiger partial charge in [0.15, 0.2) is 0 Å². The van der Waals surface area contributed by atoms with E-state index in [1.807, 2.05) is 25.1 Å². The molecule has 1 atom stereocenters. The average molecular weight is 360 g/mol. The first-order valence-corrected chi connectivity index (χ1v) is 9.33. The summed E-state index contributed by atoms with van der Waals surface area (Å²) >= 11 is 0. The summed E-state index contributed by atoms with van der Waals surface area (Å²) in [6.45, 7) is 6.72. The van der Waals surface area contributed by atoms with Crippen molar-refractivity contribution in [2.24, 2.45) is 0 Å². The van der Waals surface area contributed by atoms with Crippen molar-refractivity contribution in [3.05, 3.63) is 62.4 Å². The van der Waals surface area contributed by atoms with E-state index in [-0.39, 0.29) is 24.1 Å². The van der Waals surface area contributed by atoms with Crippen molar-refractivity contribution >= 4 is 16.9 Å². The van der Waals surface area contributed by atoms with Crippen molar-refractivity contribution < 1.29 is 9.53 Å². The third-order valence-electron chi connectivity index (χ3n) is 6.02. The molecular weight excluding hydrogens is 340 g/mol. The zero-order chi connectivity index (χ0) is 18.9. The fourth-order valence-corrected chi connectivity index (χ4v) is 4.59. The summed E-state index contributed by atoms with van der Waals surface area (Å²) in [7, 11) is 0. The van der Waals surface area contributed by atoms with Gasteiger partial charge in [-0.05, 0) is 49.1 Å². The van der Waals surface area contributed by atoms with E-state index < -0.39 is 0 Å². The Morgan fingerprint density at radius 3 is 2.81 bits per heavy atom. The minimum Gasteiger partial charge on any atom is -0.460 e. The number of aromatic nitrogens is 2. The highest BCUT2D eigenvalue weighted by atomic mass is 16.5. The van der Waals surface area contributed by atoms with Crippen LogP contribution < -0.4 is 5.56 Å². The number of ether oxygens (including phenoxy) is 1. The zero-order valence-corrected chi connectivity index (χ0v) is 15.6. The Bertz CT molecular complexity index is 1210. The molecule has 2 aliphatic heterocycles. The molecule has 0 radical (unpaired) electrons. The third kappa shape index (κ3) is 2.08. The van der Waals surface area contributed by atoms with Crippen molar-refractivity contribution in [3.63, 3.8) is 0 Å². The van der Waals surface area contributed by atoms with E-state index in [0.717, 1.165) is 33.4 Å². The summed E-state index contributed by atoms with van der Waals surface area (Å²) in [5.74, 6) is -0.619. The molecule has 2 aliphatic rings. The van der Waals surface area contributed by atoms with Crippen LogP contribution >= 0.6 is 0 Å². The lowest BCUT2D eigenvalue weighted by molar-refractivity contribution is -0.148. The molecule has 0 saturated carbocycles. The molecule has 5 nitrogen and oxygen atoms in total. The minimum absolute atomic E-state index is 0.0631. The highest BCUT2D eigenvalue weighted by Crippen LogP contribution is 2.38. The van der Waals surface area contributed by atoms with Crippen LogP contribution in [0.2, 0.25) is 0 Å². The summed E-state index contributed by atoms with van der Waals surface area (Å²) < 4.78 is 7.04. The molecule has 1 aromatic carbocycles. The molecule has 1 unspecified atom stereocenters. The number of hydrogen-bond donors (Lipinski definition) is 0. The van der Waals surface area contributed by atoms with E-state index in [9.17, 15) is 9.59 Å². The first-order valence-electron chi connectivity index (χ1n) is 9.33. The number of carbonyl (C=O) groups is 1. The number of benzene rings is 1. The number of hydrogen-bond acceptors (Lipinski definition) is 4. The van der Waals surface area contributed by atoms with Crippen molar-refractivity contribution in [2.45, 2.75) is 46.3 Å². The number of carbonyl (C=O) groups excluding carboxylic acids is 1. The van der Waals surface area contributed by atoms with E-state index >= 15 is 0 Å². The predicted octanol–water partition coefficient (Wildman–Crippen LogP) is 3.59. The molecule has 0 fully saturated rings. The van der Waals surface area contributed by atoms with E-state index in [1.54, 1.807) is 4.57 Å². The van der Waals surface area contributed by atoms with Crippen molar-refractivity contribution in [3.8, 4) is 11.4 Å². The smallest absolute Gasteiger partial charge is 0.313 e. The van der Waals surface area contributed by atoms with Crippen LogP contribution in [0, 0.1) is 13.8 Å². The summed E-state index contributed by atoms with van der Waals surface area (Å²) in [5.41, 5.74) is 7.42. The van der Waals surface area contributed by atoms with Gasteiger partial charge in [0.25, 0.3) is 5.56 Å². The molecule has 0 aliphatic carbocycles. The molecule has 5 rings (SSSR count). The lowest BCUT2D eigenvalue weighted by atomic mass is 9.90. The van der Waals surface area contributed by atoms with Gasteiger partial charge in [-0.1, -0.05) is 19.1 Å². The Hall–Kier alpha value is -2.95. The highest BCUT2D eigenvalue weighted by Gasteiger charge is 2.34. The summed E-state index contributed by atoms with van der Waals surface area (Å²) in [4.78, 5) is 30.2. The number of pyridine rings is 2. The Labute approximate surface area is 156 Å². The van der Waals surface area contributed by atoms with Crippen LogP contribution in [0.5, 0.6) is 0 Å². The van der Waals surface area contributed by atoms with Crippen LogP contribution in [-0.4, -0.2) is 15.5 Å². The van der Waals surface area contributed by atoms with Gasteiger partial charge >= 0.3 is 5.97 Å². The maximum Gasteiger partial charge on any atom is 0.313 e. The molecule has 0 bridgehead atoms. The second-order valence-corrected chi connectivity index (χ2v) is 7.46. The Morgan fingerprint density at radius 1 is 1.22 bits per heavy atom. The number of fused-ring (bicyclic) bond motifs is 5. The van der Waals surface area contributed by atoms with Crippen molar-refractivity contribution in [2.75, 3.05) is 0 Å². The van der Waals surface area contributed by atoms with Crippen molar-refractivity contribution in [1.29, 1.82) is 0 Å². The number of aryl methyl sites for hydroxylation is 2. The van der Waals surface area contributed by atoms with Gasteiger partial charge < -0.3 is 9.30 Å². The quantitative estimate of drug-likeness (QED) is 0.487. The summed E-state index contributed by atoms with van der Waals surface area (Å²) in [6, 6.07) is 8.10. The molecule has 5 heteroatoms. The third-order valence-corrected chi connectivity index (χ3v) is 6.02. The van der Waals surface area contributed by atoms with Gasteiger partial charge in [0.1, 0.15) is 6.61 Å². The number of cyclic esters (lactones) is 1. The average Bonchev–Trinajstić information content (AvgIpc) is 3.01. The standard InChI is InChI=1S/C22H20N2O3/c1-4-13-14-8-18-20-15(9-24(18)21(25)16(14)10-27-22(13)26)12(3)19-11(2)6-5-7-17(19)23-20/h5-8,13H,4,9-10H2,1-3H3. The first kappa shape index (κ1) is 16.2. The van der Waals surface area contributed by atoms with Crippen LogP contribution in [-0.2, 0) is 22.7 Å². The van der Waals surface area contributed by atoms with Gasteiger partial charge in [-0.25, -0.2) is 4.98 Å². The van der Waals surface area contributed by atoms with E-state index in [1.165, 1.54) is 11.1 Å². The summed E-state index contributed by atoms with van der Waals surface area (Å²) in [5, 5.41) is 1.16. The Morgan fingerprint density at radius 2 is 2.04 bits per heavy atom.